The summed E-state index contributed by atoms with van der Waals surface area (Å²) in [5.41, 5.74) is 0.547. The molecular formula is C15H17NO3S. The van der Waals surface area contributed by atoms with Crippen molar-refractivity contribution in [2.45, 2.75) is 13.0 Å². The average molecular weight is 291 g/mol. The summed E-state index contributed by atoms with van der Waals surface area (Å²) >= 11 is 1.62. The Labute approximate surface area is 122 Å². The molecule has 0 aliphatic rings. The van der Waals surface area contributed by atoms with Crippen LogP contribution in [0.15, 0.2) is 35.7 Å². The lowest BCUT2D eigenvalue weighted by molar-refractivity contribution is 0.0940. The molecule has 1 N–H and O–H groups in total. The number of carbonyl (C=O) groups is 1. The van der Waals surface area contributed by atoms with E-state index in [0.717, 1.165) is 4.88 Å². The largest absolute Gasteiger partial charge is 0.493 e. The minimum Gasteiger partial charge on any atom is -0.493 e. The third kappa shape index (κ3) is 3.11. The topological polar surface area (TPSA) is 47.6 Å². The third-order valence-electron chi connectivity index (χ3n) is 2.96. The Morgan fingerprint density at radius 3 is 2.55 bits per heavy atom. The SMILES string of the molecule is COc1ccc(C(=O)NC(C)c2cccs2)cc1OC. The predicted molar refractivity (Wildman–Crippen MR) is 79.7 cm³/mol. The zero-order valence-corrected chi connectivity index (χ0v) is 12.5. The van der Waals surface area contributed by atoms with Crippen molar-refractivity contribution in [3.8, 4) is 11.5 Å². The van der Waals surface area contributed by atoms with Gasteiger partial charge >= 0.3 is 0 Å². The molecule has 0 saturated carbocycles. The number of hydrogen-bond donors (Lipinski definition) is 1. The summed E-state index contributed by atoms with van der Waals surface area (Å²) in [5, 5.41) is 4.96. The van der Waals surface area contributed by atoms with Gasteiger partial charge in [0, 0.05) is 10.4 Å². The maximum absolute atomic E-state index is 12.2. The minimum atomic E-state index is -0.133. The molecule has 1 aromatic heterocycles. The molecule has 1 amide bonds. The second-order valence-electron chi connectivity index (χ2n) is 4.28. The molecule has 0 spiro atoms. The van der Waals surface area contributed by atoms with E-state index >= 15 is 0 Å². The quantitative estimate of drug-likeness (QED) is 0.920. The number of hydrogen-bond acceptors (Lipinski definition) is 4. The fourth-order valence-electron chi connectivity index (χ4n) is 1.87. The monoisotopic (exact) mass is 291 g/mol. The Balaban J connectivity index is 2.13. The standard InChI is InChI=1S/C15H17NO3S/c1-10(14-5-4-8-20-14)16-15(17)11-6-7-12(18-2)13(9-11)19-3/h4-10H,1-3H3,(H,16,17). The summed E-state index contributed by atoms with van der Waals surface area (Å²) in [7, 11) is 3.12. The number of nitrogens with one attached hydrogen (secondary N) is 1. The highest BCUT2D eigenvalue weighted by molar-refractivity contribution is 7.10. The van der Waals surface area contributed by atoms with Crippen molar-refractivity contribution in [2.75, 3.05) is 14.2 Å². The van der Waals surface area contributed by atoms with Gasteiger partial charge in [-0.15, -0.1) is 11.3 Å². The van der Waals surface area contributed by atoms with Crippen LogP contribution in [0.3, 0.4) is 0 Å². The number of benzene rings is 1. The van der Waals surface area contributed by atoms with E-state index in [9.17, 15) is 4.79 Å². The fraction of sp³-hybridized carbons (Fsp3) is 0.267. The summed E-state index contributed by atoms with van der Waals surface area (Å²) in [6.45, 7) is 1.96. The molecule has 1 heterocycles. The van der Waals surface area contributed by atoms with E-state index in [4.69, 9.17) is 9.47 Å². The Morgan fingerprint density at radius 2 is 1.95 bits per heavy atom. The van der Waals surface area contributed by atoms with Crippen LogP contribution in [0.4, 0.5) is 0 Å². The first-order valence-corrected chi connectivity index (χ1v) is 7.10. The first-order chi connectivity index (χ1) is 9.65. The predicted octanol–water partition coefficient (Wildman–Crippen LogP) is 3.26. The average Bonchev–Trinajstić information content (AvgIpc) is 3.00. The van der Waals surface area contributed by atoms with Crippen molar-refractivity contribution in [3.05, 3.63) is 46.2 Å². The van der Waals surface area contributed by atoms with Crippen LogP contribution >= 0.6 is 11.3 Å². The summed E-state index contributed by atoms with van der Waals surface area (Å²) < 4.78 is 10.4. The van der Waals surface area contributed by atoms with Gasteiger partial charge in [0.1, 0.15) is 0 Å². The van der Waals surface area contributed by atoms with Crippen LogP contribution in [-0.2, 0) is 0 Å². The minimum absolute atomic E-state index is 0.0180. The number of carbonyl (C=O) groups excluding carboxylic acids is 1. The number of methoxy groups -OCH3 is 2. The highest BCUT2D eigenvalue weighted by Gasteiger charge is 2.14. The van der Waals surface area contributed by atoms with Crippen LogP contribution in [0.5, 0.6) is 11.5 Å². The van der Waals surface area contributed by atoms with Gasteiger partial charge in [-0.05, 0) is 36.6 Å². The Kier molecular flexibility index (Phi) is 4.63. The van der Waals surface area contributed by atoms with E-state index < -0.39 is 0 Å². The van der Waals surface area contributed by atoms with E-state index in [1.165, 1.54) is 0 Å². The van der Waals surface area contributed by atoms with Gasteiger partial charge in [0.2, 0.25) is 0 Å². The molecular weight excluding hydrogens is 274 g/mol. The van der Waals surface area contributed by atoms with Gasteiger partial charge in [-0.2, -0.15) is 0 Å². The van der Waals surface area contributed by atoms with Gasteiger partial charge < -0.3 is 14.8 Å². The molecule has 20 heavy (non-hydrogen) atoms. The van der Waals surface area contributed by atoms with Crippen LogP contribution in [0.25, 0.3) is 0 Å². The molecule has 2 aromatic rings. The van der Waals surface area contributed by atoms with Crippen molar-refractivity contribution in [1.29, 1.82) is 0 Å². The van der Waals surface area contributed by atoms with Gasteiger partial charge in [-0.25, -0.2) is 0 Å². The molecule has 1 unspecified atom stereocenters. The van der Waals surface area contributed by atoms with Crippen molar-refractivity contribution in [2.24, 2.45) is 0 Å². The highest BCUT2D eigenvalue weighted by Crippen LogP contribution is 2.28. The summed E-state index contributed by atoms with van der Waals surface area (Å²) in [4.78, 5) is 13.3. The molecule has 0 fully saturated rings. The van der Waals surface area contributed by atoms with Crippen LogP contribution in [0.1, 0.15) is 28.2 Å². The van der Waals surface area contributed by atoms with Crippen molar-refractivity contribution in [1.82, 2.24) is 5.32 Å². The molecule has 1 aromatic carbocycles. The van der Waals surface area contributed by atoms with Gasteiger partial charge in [-0.3, -0.25) is 4.79 Å². The molecule has 5 heteroatoms. The van der Waals surface area contributed by atoms with Gasteiger partial charge in [0.15, 0.2) is 11.5 Å². The smallest absolute Gasteiger partial charge is 0.251 e. The maximum atomic E-state index is 12.2. The van der Waals surface area contributed by atoms with Crippen molar-refractivity contribution >= 4 is 17.2 Å². The van der Waals surface area contributed by atoms with E-state index in [-0.39, 0.29) is 11.9 Å². The third-order valence-corrected chi connectivity index (χ3v) is 4.02. The first kappa shape index (κ1) is 14.4. The highest BCUT2D eigenvalue weighted by atomic mass is 32.1. The molecule has 2 rings (SSSR count). The van der Waals surface area contributed by atoms with E-state index in [1.54, 1.807) is 43.8 Å². The zero-order valence-electron chi connectivity index (χ0n) is 11.7. The van der Waals surface area contributed by atoms with Gasteiger partial charge in [-0.1, -0.05) is 6.07 Å². The molecule has 1 atom stereocenters. The molecule has 0 bridgehead atoms. The Bertz CT molecular complexity index is 581. The maximum Gasteiger partial charge on any atom is 0.251 e. The van der Waals surface area contributed by atoms with E-state index in [2.05, 4.69) is 5.32 Å². The van der Waals surface area contributed by atoms with Crippen LogP contribution < -0.4 is 14.8 Å². The lowest BCUT2D eigenvalue weighted by Gasteiger charge is -2.13. The summed E-state index contributed by atoms with van der Waals surface area (Å²) in [6.07, 6.45) is 0. The normalized spacial score (nSPS) is 11.8. The summed E-state index contributed by atoms with van der Waals surface area (Å²) in [6, 6.07) is 9.08. The second-order valence-corrected chi connectivity index (χ2v) is 5.26. The van der Waals surface area contributed by atoms with Gasteiger partial charge in [0.25, 0.3) is 5.91 Å². The molecule has 106 valence electrons. The first-order valence-electron chi connectivity index (χ1n) is 6.22. The molecule has 0 aliphatic heterocycles. The number of thiophene rings is 1. The van der Waals surface area contributed by atoms with E-state index in [1.807, 2.05) is 24.4 Å². The number of amides is 1. The fourth-order valence-corrected chi connectivity index (χ4v) is 2.60. The number of ether oxygens (including phenoxy) is 2. The van der Waals surface area contributed by atoms with Crippen LogP contribution in [0.2, 0.25) is 0 Å². The summed E-state index contributed by atoms with van der Waals surface area (Å²) in [5.74, 6) is 1.02. The lowest BCUT2D eigenvalue weighted by Crippen LogP contribution is -2.26. The van der Waals surface area contributed by atoms with Crippen LogP contribution in [-0.4, -0.2) is 20.1 Å². The molecule has 4 nitrogen and oxygen atoms in total. The van der Waals surface area contributed by atoms with Crippen LogP contribution in [0, 0.1) is 0 Å². The second kappa shape index (κ2) is 6.43. The lowest BCUT2D eigenvalue weighted by atomic mass is 10.1. The van der Waals surface area contributed by atoms with Crippen molar-refractivity contribution < 1.29 is 14.3 Å². The van der Waals surface area contributed by atoms with E-state index in [0.29, 0.717) is 17.1 Å². The molecule has 0 saturated heterocycles. The molecule has 0 aliphatic carbocycles. The Hall–Kier alpha value is -2.01. The van der Waals surface area contributed by atoms with Gasteiger partial charge in [0.05, 0.1) is 20.3 Å². The number of rotatable bonds is 5. The van der Waals surface area contributed by atoms with Crippen molar-refractivity contribution in [3.63, 3.8) is 0 Å². The zero-order chi connectivity index (χ0) is 14.5. The molecule has 0 radical (unpaired) electrons. The Morgan fingerprint density at radius 1 is 1.20 bits per heavy atom.